The predicted octanol–water partition coefficient (Wildman–Crippen LogP) is 5.74. The molecule has 0 aliphatic heterocycles. The van der Waals surface area contributed by atoms with Gasteiger partial charge >= 0.3 is 0 Å². The van der Waals surface area contributed by atoms with Crippen molar-refractivity contribution in [1.82, 2.24) is 4.98 Å². The number of nitrogens with one attached hydrogen (secondary N) is 2. The maximum atomic E-state index is 10.3. The molecule has 0 aliphatic rings. The van der Waals surface area contributed by atoms with E-state index in [1.807, 2.05) is 60.7 Å². The largest absolute Gasteiger partial charge is 0.493 e. The van der Waals surface area contributed by atoms with Crippen molar-refractivity contribution in [1.29, 1.82) is 10.5 Å². The van der Waals surface area contributed by atoms with Crippen LogP contribution < -0.4 is 24.8 Å². The number of nitrogens with zero attached hydrogens (tertiary/aromatic N) is 3. The first kappa shape index (κ1) is 25.9. The zero-order chi connectivity index (χ0) is 26.9. The number of ether oxygens (including phenoxy) is 3. The van der Waals surface area contributed by atoms with Gasteiger partial charge < -0.3 is 24.8 Å². The number of anilines is 2. The molecule has 8 nitrogen and oxygen atoms in total. The van der Waals surface area contributed by atoms with E-state index < -0.39 is 0 Å². The molecule has 0 amide bonds. The van der Waals surface area contributed by atoms with Gasteiger partial charge in [0.25, 0.3) is 0 Å². The minimum absolute atomic E-state index is 0.233. The Hall–Kier alpha value is -5.21. The van der Waals surface area contributed by atoms with Crippen LogP contribution in [0.1, 0.15) is 22.3 Å². The summed E-state index contributed by atoms with van der Waals surface area (Å²) >= 11 is 0. The van der Waals surface area contributed by atoms with Crippen LogP contribution in [0, 0.1) is 22.7 Å². The molecular weight excluding hydrogens is 478 g/mol. The van der Waals surface area contributed by atoms with Crippen LogP contribution in [0.3, 0.4) is 0 Å². The van der Waals surface area contributed by atoms with Crippen LogP contribution in [0.4, 0.5) is 11.6 Å². The summed E-state index contributed by atoms with van der Waals surface area (Å²) in [6, 6.07) is 27.6. The van der Waals surface area contributed by atoms with E-state index >= 15 is 0 Å². The van der Waals surface area contributed by atoms with Crippen LogP contribution in [0.2, 0.25) is 0 Å². The Morgan fingerprint density at radius 1 is 0.684 bits per heavy atom. The summed E-state index contributed by atoms with van der Waals surface area (Å²) in [6.07, 6.45) is 0. The van der Waals surface area contributed by atoms with Crippen molar-refractivity contribution in [3.8, 4) is 40.5 Å². The average Bonchev–Trinajstić information content (AvgIpc) is 2.98. The molecule has 3 aromatic carbocycles. The quantitative estimate of drug-likeness (QED) is 0.281. The average molecular weight is 506 g/mol. The SMILES string of the molecule is COc1cc(-c2c(C#N)c(NCc3ccccc3)nc(NCc3ccccc3)c2C#N)cc(OC)c1OC. The van der Waals surface area contributed by atoms with Crippen LogP contribution in [0.5, 0.6) is 17.2 Å². The first-order chi connectivity index (χ1) is 18.6. The predicted molar refractivity (Wildman–Crippen MR) is 146 cm³/mol. The fourth-order valence-electron chi connectivity index (χ4n) is 4.14. The monoisotopic (exact) mass is 505 g/mol. The Kier molecular flexibility index (Phi) is 8.28. The van der Waals surface area contributed by atoms with E-state index in [1.54, 1.807) is 12.1 Å². The van der Waals surface area contributed by atoms with E-state index in [-0.39, 0.29) is 11.1 Å². The molecule has 190 valence electrons. The van der Waals surface area contributed by atoms with E-state index in [2.05, 4.69) is 22.8 Å². The Morgan fingerprint density at radius 3 is 1.50 bits per heavy atom. The van der Waals surface area contributed by atoms with E-state index in [1.165, 1.54) is 21.3 Å². The van der Waals surface area contributed by atoms with Crippen molar-refractivity contribution in [2.45, 2.75) is 13.1 Å². The zero-order valence-electron chi connectivity index (χ0n) is 21.4. The lowest BCUT2D eigenvalue weighted by Gasteiger charge is -2.19. The number of methoxy groups -OCH3 is 3. The van der Waals surface area contributed by atoms with Crippen molar-refractivity contribution in [3.05, 3.63) is 95.1 Å². The Labute approximate surface area is 222 Å². The zero-order valence-corrected chi connectivity index (χ0v) is 21.4. The lowest BCUT2D eigenvalue weighted by Crippen LogP contribution is -2.11. The molecule has 0 fully saturated rings. The molecule has 0 unspecified atom stereocenters. The van der Waals surface area contributed by atoms with Gasteiger partial charge in [-0.3, -0.25) is 0 Å². The van der Waals surface area contributed by atoms with Gasteiger partial charge in [-0.25, -0.2) is 4.98 Å². The summed E-state index contributed by atoms with van der Waals surface area (Å²) in [6.45, 7) is 0.891. The van der Waals surface area contributed by atoms with Gasteiger partial charge in [-0.15, -0.1) is 0 Å². The molecule has 8 heteroatoms. The fourth-order valence-corrected chi connectivity index (χ4v) is 4.14. The van der Waals surface area contributed by atoms with Crippen LogP contribution in [0.15, 0.2) is 72.8 Å². The smallest absolute Gasteiger partial charge is 0.203 e. The van der Waals surface area contributed by atoms with E-state index in [0.717, 1.165) is 11.1 Å². The maximum absolute atomic E-state index is 10.3. The Balaban J connectivity index is 1.90. The highest BCUT2D eigenvalue weighted by Gasteiger charge is 2.24. The summed E-state index contributed by atoms with van der Waals surface area (Å²) < 4.78 is 16.6. The Bertz CT molecular complexity index is 1390. The number of rotatable bonds is 10. The normalized spacial score (nSPS) is 10.1. The van der Waals surface area contributed by atoms with Crippen molar-refractivity contribution < 1.29 is 14.2 Å². The lowest BCUT2D eigenvalue weighted by atomic mass is 9.95. The third kappa shape index (κ3) is 5.45. The summed E-state index contributed by atoms with van der Waals surface area (Å²) in [5.41, 5.74) is 3.48. The van der Waals surface area contributed by atoms with Gasteiger partial charge in [0.05, 0.1) is 21.3 Å². The standard InChI is InChI=1S/C30H27N5O3/c1-36-25-14-22(15-26(37-2)28(25)38-3)27-23(16-31)29(33-18-20-10-6-4-7-11-20)35-30(24(27)17-32)34-19-21-12-8-5-9-13-21/h4-15H,18-19H2,1-3H3,(H2,33,34,35). The molecule has 0 saturated carbocycles. The summed E-state index contributed by atoms with van der Waals surface area (Å²) in [4.78, 5) is 4.70. The molecule has 0 radical (unpaired) electrons. The van der Waals surface area contributed by atoms with E-state index in [0.29, 0.717) is 53.1 Å². The highest BCUT2D eigenvalue weighted by molar-refractivity contribution is 5.87. The molecule has 0 bridgehead atoms. The van der Waals surface area contributed by atoms with Gasteiger partial charge in [-0.05, 0) is 28.8 Å². The minimum atomic E-state index is 0.233. The lowest BCUT2D eigenvalue weighted by molar-refractivity contribution is 0.324. The highest BCUT2D eigenvalue weighted by atomic mass is 16.5. The van der Waals surface area contributed by atoms with Gasteiger partial charge in [-0.1, -0.05) is 60.7 Å². The summed E-state index contributed by atoms with van der Waals surface area (Å²) in [5, 5.41) is 27.1. The van der Waals surface area contributed by atoms with Crippen molar-refractivity contribution in [3.63, 3.8) is 0 Å². The molecule has 0 atom stereocenters. The summed E-state index contributed by atoms with van der Waals surface area (Å²) in [7, 11) is 4.55. The van der Waals surface area contributed by atoms with Crippen molar-refractivity contribution in [2.75, 3.05) is 32.0 Å². The van der Waals surface area contributed by atoms with Crippen molar-refractivity contribution >= 4 is 11.6 Å². The van der Waals surface area contributed by atoms with Crippen LogP contribution >= 0.6 is 0 Å². The van der Waals surface area contributed by atoms with Gasteiger partial charge in [0.15, 0.2) is 11.5 Å². The molecule has 0 aliphatic carbocycles. The molecule has 0 spiro atoms. The first-order valence-electron chi connectivity index (χ1n) is 11.9. The number of benzene rings is 3. The number of aromatic nitrogens is 1. The third-order valence-corrected chi connectivity index (χ3v) is 5.98. The van der Waals surface area contributed by atoms with Crippen LogP contribution in [-0.2, 0) is 13.1 Å². The molecule has 1 heterocycles. The van der Waals surface area contributed by atoms with Crippen LogP contribution in [0.25, 0.3) is 11.1 Å². The number of nitriles is 2. The topological polar surface area (TPSA) is 112 Å². The molecule has 2 N–H and O–H groups in total. The number of hydrogen-bond donors (Lipinski definition) is 2. The third-order valence-electron chi connectivity index (χ3n) is 5.98. The van der Waals surface area contributed by atoms with Gasteiger partial charge in [0, 0.05) is 18.7 Å². The van der Waals surface area contributed by atoms with Gasteiger partial charge in [0.2, 0.25) is 5.75 Å². The molecule has 4 rings (SSSR count). The van der Waals surface area contributed by atoms with Crippen LogP contribution in [-0.4, -0.2) is 26.3 Å². The van der Waals surface area contributed by atoms with E-state index in [4.69, 9.17) is 19.2 Å². The molecule has 1 aromatic heterocycles. The molecule has 0 saturated heterocycles. The molecule has 4 aromatic rings. The first-order valence-corrected chi connectivity index (χ1v) is 11.9. The van der Waals surface area contributed by atoms with Gasteiger partial charge in [0.1, 0.15) is 34.9 Å². The number of pyridine rings is 1. The second-order valence-corrected chi connectivity index (χ2v) is 8.25. The maximum Gasteiger partial charge on any atom is 0.203 e. The second kappa shape index (κ2) is 12.2. The van der Waals surface area contributed by atoms with E-state index in [9.17, 15) is 10.5 Å². The number of hydrogen-bond acceptors (Lipinski definition) is 8. The van der Waals surface area contributed by atoms with Crippen molar-refractivity contribution in [2.24, 2.45) is 0 Å². The second-order valence-electron chi connectivity index (χ2n) is 8.25. The fraction of sp³-hybridized carbons (Fsp3) is 0.167. The summed E-state index contributed by atoms with van der Waals surface area (Å²) in [5.74, 6) is 1.94. The highest BCUT2D eigenvalue weighted by Crippen LogP contribution is 2.44. The Morgan fingerprint density at radius 2 is 1.13 bits per heavy atom. The molecule has 38 heavy (non-hydrogen) atoms. The minimum Gasteiger partial charge on any atom is -0.493 e. The van der Waals surface area contributed by atoms with Gasteiger partial charge in [-0.2, -0.15) is 10.5 Å². The molecular formula is C30H27N5O3.